The van der Waals surface area contributed by atoms with Gasteiger partial charge in [0.05, 0.1) is 6.61 Å². The third-order valence-corrected chi connectivity index (χ3v) is 4.09. The molecule has 0 amide bonds. The minimum Gasteiger partial charge on any atom is -0.395 e. The molecule has 2 N–H and O–H groups in total. The molecular formula is C16H26N2O. The van der Waals surface area contributed by atoms with Gasteiger partial charge < -0.3 is 10.4 Å². The maximum Gasteiger partial charge on any atom is 0.0599 e. The van der Waals surface area contributed by atoms with Crippen molar-refractivity contribution in [2.75, 3.05) is 19.7 Å². The summed E-state index contributed by atoms with van der Waals surface area (Å²) in [6.07, 6.45) is 0. The van der Waals surface area contributed by atoms with E-state index in [1.54, 1.807) is 0 Å². The number of aryl methyl sites for hydroxylation is 1. The average Bonchev–Trinajstić information content (AvgIpc) is 2.41. The molecule has 2 rings (SSSR count). The smallest absolute Gasteiger partial charge is 0.0599 e. The predicted molar refractivity (Wildman–Crippen MR) is 79.1 cm³/mol. The van der Waals surface area contributed by atoms with E-state index in [9.17, 15) is 5.11 Å². The average molecular weight is 262 g/mol. The Morgan fingerprint density at radius 3 is 2.58 bits per heavy atom. The highest BCUT2D eigenvalue weighted by atomic mass is 16.3. The van der Waals surface area contributed by atoms with E-state index in [-0.39, 0.29) is 12.6 Å². The summed E-state index contributed by atoms with van der Waals surface area (Å²) in [5.41, 5.74) is 2.62. The quantitative estimate of drug-likeness (QED) is 0.868. The van der Waals surface area contributed by atoms with E-state index < -0.39 is 0 Å². The molecule has 2 unspecified atom stereocenters. The molecule has 3 heteroatoms. The number of nitrogens with one attached hydrogen (secondary N) is 1. The van der Waals surface area contributed by atoms with Crippen LogP contribution in [-0.4, -0.2) is 41.8 Å². The van der Waals surface area contributed by atoms with Gasteiger partial charge in [0.1, 0.15) is 0 Å². The topological polar surface area (TPSA) is 35.5 Å². The molecule has 0 bridgehead atoms. The van der Waals surface area contributed by atoms with Gasteiger partial charge in [-0.2, -0.15) is 0 Å². The van der Waals surface area contributed by atoms with E-state index in [0.717, 1.165) is 19.6 Å². The molecule has 1 aliphatic heterocycles. The van der Waals surface area contributed by atoms with Crippen LogP contribution in [0, 0.1) is 12.8 Å². The van der Waals surface area contributed by atoms with Gasteiger partial charge in [0, 0.05) is 31.7 Å². The third kappa shape index (κ3) is 3.78. The van der Waals surface area contributed by atoms with Crippen molar-refractivity contribution in [2.45, 2.75) is 39.4 Å². The highest BCUT2D eigenvalue weighted by Gasteiger charge is 2.28. The van der Waals surface area contributed by atoms with Gasteiger partial charge in [-0.15, -0.1) is 0 Å². The van der Waals surface area contributed by atoms with Crippen LogP contribution >= 0.6 is 0 Å². The second-order valence-corrected chi connectivity index (χ2v) is 6.01. The van der Waals surface area contributed by atoms with Crippen molar-refractivity contribution in [3.8, 4) is 0 Å². The van der Waals surface area contributed by atoms with Crippen LogP contribution in [0.5, 0.6) is 0 Å². The van der Waals surface area contributed by atoms with Crippen LogP contribution in [0.2, 0.25) is 0 Å². The highest BCUT2D eigenvalue weighted by Crippen LogP contribution is 2.16. The van der Waals surface area contributed by atoms with Crippen LogP contribution in [-0.2, 0) is 6.54 Å². The molecule has 1 aromatic carbocycles. The molecule has 106 valence electrons. The van der Waals surface area contributed by atoms with Crippen LogP contribution in [0.1, 0.15) is 25.0 Å². The van der Waals surface area contributed by atoms with E-state index in [2.05, 4.69) is 55.3 Å². The molecule has 1 fully saturated rings. The van der Waals surface area contributed by atoms with Gasteiger partial charge in [-0.25, -0.2) is 0 Å². The lowest BCUT2D eigenvalue weighted by Crippen LogP contribution is -2.58. The number of aliphatic hydroxyl groups is 1. The van der Waals surface area contributed by atoms with Gasteiger partial charge in [-0.3, -0.25) is 4.90 Å². The Morgan fingerprint density at radius 2 is 2.00 bits per heavy atom. The number of hydrogen-bond acceptors (Lipinski definition) is 3. The number of benzene rings is 1. The summed E-state index contributed by atoms with van der Waals surface area (Å²) >= 11 is 0. The number of hydrogen-bond donors (Lipinski definition) is 2. The number of rotatable bonds is 4. The van der Waals surface area contributed by atoms with Gasteiger partial charge in [0.25, 0.3) is 0 Å². The molecule has 0 aliphatic carbocycles. The van der Waals surface area contributed by atoms with Crippen LogP contribution < -0.4 is 5.32 Å². The summed E-state index contributed by atoms with van der Waals surface area (Å²) in [6.45, 7) is 9.66. The Hall–Kier alpha value is -0.900. The predicted octanol–water partition coefficient (Wildman–Crippen LogP) is 1.79. The summed E-state index contributed by atoms with van der Waals surface area (Å²) < 4.78 is 0. The van der Waals surface area contributed by atoms with Crippen molar-refractivity contribution in [1.82, 2.24) is 10.2 Å². The fraction of sp³-hybridized carbons (Fsp3) is 0.625. The van der Waals surface area contributed by atoms with E-state index in [4.69, 9.17) is 0 Å². The molecule has 0 spiro atoms. The van der Waals surface area contributed by atoms with Gasteiger partial charge in [-0.05, 0) is 18.4 Å². The standard InChI is InChI=1S/C16H26N2O/c1-12(2)16-10-18(15(11-19)8-17-16)9-14-6-4-13(3)5-7-14/h4-7,12,15-17,19H,8-11H2,1-3H3. The third-order valence-electron chi connectivity index (χ3n) is 4.09. The Kier molecular flexibility index (Phi) is 4.97. The van der Waals surface area contributed by atoms with E-state index in [1.807, 2.05) is 0 Å². The van der Waals surface area contributed by atoms with Gasteiger partial charge in [0.2, 0.25) is 0 Å². The highest BCUT2D eigenvalue weighted by molar-refractivity contribution is 5.21. The lowest BCUT2D eigenvalue weighted by molar-refractivity contribution is 0.0645. The largest absolute Gasteiger partial charge is 0.395 e. The molecule has 1 aliphatic rings. The SMILES string of the molecule is Cc1ccc(CN2CC(C(C)C)NCC2CO)cc1. The molecule has 2 atom stereocenters. The minimum absolute atomic E-state index is 0.226. The zero-order valence-corrected chi connectivity index (χ0v) is 12.3. The summed E-state index contributed by atoms with van der Waals surface area (Å²) in [5.74, 6) is 0.625. The van der Waals surface area contributed by atoms with Crippen molar-refractivity contribution in [3.05, 3.63) is 35.4 Å². The molecule has 3 nitrogen and oxygen atoms in total. The zero-order valence-electron chi connectivity index (χ0n) is 12.3. The van der Waals surface area contributed by atoms with E-state index >= 15 is 0 Å². The number of piperazine rings is 1. The van der Waals surface area contributed by atoms with Crippen LogP contribution in [0.15, 0.2) is 24.3 Å². The summed E-state index contributed by atoms with van der Waals surface area (Å²) in [5, 5.41) is 13.1. The van der Waals surface area contributed by atoms with Crippen molar-refractivity contribution in [2.24, 2.45) is 5.92 Å². The normalized spacial score (nSPS) is 24.9. The lowest BCUT2D eigenvalue weighted by atomic mass is 9.99. The van der Waals surface area contributed by atoms with Crippen molar-refractivity contribution in [1.29, 1.82) is 0 Å². The van der Waals surface area contributed by atoms with Crippen molar-refractivity contribution in [3.63, 3.8) is 0 Å². The molecule has 1 saturated heterocycles. The van der Waals surface area contributed by atoms with Crippen molar-refractivity contribution >= 4 is 0 Å². The second-order valence-electron chi connectivity index (χ2n) is 6.01. The summed E-state index contributed by atoms with van der Waals surface area (Å²) in [6, 6.07) is 9.45. The van der Waals surface area contributed by atoms with Crippen LogP contribution in [0.4, 0.5) is 0 Å². The first-order valence-electron chi connectivity index (χ1n) is 7.24. The fourth-order valence-corrected chi connectivity index (χ4v) is 2.63. The van der Waals surface area contributed by atoms with E-state index in [1.165, 1.54) is 11.1 Å². The fourth-order valence-electron chi connectivity index (χ4n) is 2.63. The Bertz CT molecular complexity index is 388. The summed E-state index contributed by atoms with van der Waals surface area (Å²) in [4.78, 5) is 2.41. The first kappa shape index (κ1) is 14.5. The maximum atomic E-state index is 9.53. The first-order valence-corrected chi connectivity index (χ1v) is 7.24. The molecule has 0 aromatic heterocycles. The minimum atomic E-state index is 0.226. The Balaban J connectivity index is 2.03. The van der Waals surface area contributed by atoms with E-state index in [0.29, 0.717) is 12.0 Å². The molecular weight excluding hydrogens is 236 g/mol. The molecule has 0 radical (unpaired) electrons. The molecule has 1 heterocycles. The molecule has 1 aromatic rings. The number of nitrogens with zero attached hydrogens (tertiary/aromatic N) is 1. The lowest BCUT2D eigenvalue weighted by Gasteiger charge is -2.41. The first-order chi connectivity index (χ1) is 9.10. The molecule has 0 saturated carbocycles. The second kappa shape index (κ2) is 6.51. The molecule has 19 heavy (non-hydrogen) atoms. The number of aliphatic hydroxyl groups excluding tert-OH is 1. The van der Waals surface area contributed by atoms with Gasteiger partial charge >= 0.3 is 0 Å². The monoisotopic (exact) mass is 262 g/mol. The van der Waals surface area contributed by atoms with Gasteiger partial charge in [-0.1, -0.05) is 43.7 Å². The van der Waals surface area contributed by atoms with Crippen LogP contribution in [0.3, 0.4) is 0 Å². The van der Waals surface area contributed by atoms with Crippen molar-refractivity contribution < 1.29 is 5.11 Å². The maximum absolute atomic E-state index is 9.53. The Labute approximate surface area is 116 Å². The van der Waals surface area contributed by atoms with Gasteiger partial charge in [0.15, 0.2) is 0 Å². The zero-order chi connectivity index (χ0) is 13.8. The van der Waals surface area contributed by atoms with Crippen LogP contribution in [0.25, 0.3) is 0 Å². The Morgan fingerprint density at radius 1 is 1.32 bits per heavy atom. The summed E-state index contributed by atoms with van der Waals surface area (Å²) in [7, 11) is 0.